The Balaban J connectivity index is 2.37. The number of anilines is 1. The lowest BCUT2D eigenvalue weighted by Crippen LogP contribution is -2.37. The maximum Gasteiger partial charge on any atom is 0.339 e. The SMILES string of the molecule is COC(=O)c1cnc(N2CCCC2C(=O)OC)c(N=O)c1. The van der Waals surface area contributed by atoms with Crippen LogP contribution in [-0.4, -0.2) is 43.7 Å². The van der Waals surface area contributed by atoms with E-state index in [4.69, 9.17) is 4.74 Å². The summed E-state index contributed by atoms with van der Waals surface area (Å²) >= 11 is 0. The molecule has 1 atom stereocenters. The molecular formula is C13H15N3O5. The Kier molecular flexibility index (Phi) is 4.46. The third kappa shape index (κ3) is 2.83. The highest BCUT2D eigenvalue weighted by Crippen LogP contribution is 2.33. The molecule has 0 radical (unpaired) electrons. The maximum atomic E-state index is 11.7. The van der Waals surface area contributed by atoms with Crippen LogP contribution in [0, 0.1) is 4.91 Å². The van der Waals surface area contributed by atoms with Gasteiger partial charge in [-0.05, 0) is 24.1 Å². The lowest BCUT2D eigenvalue weighted by Gasteiger charge is -2.24. The van der Waals surface area contributed by atoms with E-state index in [0.29, 0.717) is 13.0 Å². The minimum Gasteiger partial charge on any atom is -0.467 e. The topological polar surface area (TPSA) is 98.2 Å². The molecule has 1 fully saturated rings. The molecule has 0 spiro atoms. The van der Waals surface area contributed by atoms with Gasteiger partial charge in [-0.1, -0.05) is 0 Å². The minimum atomic E-state index is -0.607. The van der Waals surface area contributed by atoms with E-state index < -0.39 is 12.0 Å². The van der Waals surface area contributed by atoms with E-state index in [1.165, 1.54) is 26.5 Å². The van der Waals surface area contributed by atoms with Gasteiger partial charge in [0.1, 0.15) is 6.04 Å². The van der Waals surface area contributed by atoms with Crippen molar-refractivity contribution in [3.63, 3.8) is 0 Å². The van der Waals surface area contributed by atoms with Crippen molar-refractivity contribution in [1.29, 1.82) is 0 Å². The maximum absolute atomic E-state index is 11.7. The summed E-state index contributed by atoms with van der Waals surface area (Å²) in [6.45, 7) is 0.562. The summed E-state index contributed by atoms with van der Waals surface area (Å²) in [4.78, 5) is 40.0. The lowest BCUT2D eigenvalue weighted by atomic mass is 10.2. The largest absolute Gasteiger partial charge is 0.467 e. The normalized spacial score (nSPS) is 17.4. The summed E-state index contributed by atoms with van der Waals surface area (Å²) < 4.78 is 9.31. The highest BCUT2D eigenvalue weighted by atomic mass is 16.5. The van der Waals surface area contributed by atoms with E-state index in [2.05, 4.69) is 14.9 Å². The Morgan fingerprint density at radius 3 is 2.76 bits per heavy atom. The van der Waals surface area contributed by atoms with Gasteiger partial charge in [0.05, 0.1) is 19.8 Å². The Bertz CT molecular complexity index is 575. The number of carbonyl (C=O) groups excluding carboxylic acids is 2. The Morgan fingerprint density at radius 1 is 1.38 bits per heavy atom. The number of pyridine rings is 1. The zero-order valence-corrected chi connectivity index (χ0v) is 11.7. The molecule has 2 heterocycles. The van der Waals surface area contributed by atoms with Crippen molar-refractivity contribution in [2.45, 2.75) is 18.9 Å². The quantitative estimate of drug-likeness (QED) is 0.611. The van der Waals surface area contributed by atoms with Gasteiger partial charge < -0.3 is 14.4 Å². The van der Waals surface area contributed by atoms with Crippen molar-refractivity contribution in [2.75, 3.05) is 25.7 Å². The van der Waals surface area contributed by atoms with Gasteiger partial charge in [0.2, 0.25) is 0 Å². The Morgan fingerprint density at radius 2 is 2.14 bits per heavy atom. The van der Waals surface area contributed by atoms with Gasteiger partial charge in [-0.15, -0.1) is 4.91 Å². The third-order valence-electron chi connectivity index (χ3n) is 3.36. The van der Waals surface area contributed by atoms with E-state index in [-0.39, 0.29) is 23.0 Å². The van der Waals surface area contributed by atoms with Crippen LogP contribution in [0.3, 0.4) is 0 Å². The lowest BCUT2D eigenvalue weighted by molar-refractivity contribution is -0.141. The number of hydrogen-bond acceptors (Lipinski definition) is 8. The summed E-state index contributed by atoms with van der Waals surface area (Å²) in [6, 6.07) is 0.806. The number of nitroso groups, excluding NO2 is 1. The molecule has 1 aromatic heterocycles. The van der Waals surface area contributed by atoms with Crippen LogP contribution in [0.4, 0.5) is 11.5 Å². The van der Waals surface area contributed by atoms with Crippen molar-refractivity contribution >= 4 is 23.4 Å². The van der Waals surface area contributed by atoms with Crippen molar-refractivity contribution in [1.82, 2.24) is 4.98 Å². The summed E-state index contributed by atoms with van der Waals surface area (Å²) in [7, 11) is 2.55. The third-order valence-corrected chi connectivity index (χ3v) is 3.36. The molecule has 1 aliphatic heterocycles. The zero-order valence-electron chi connectivity index (χ0n) is 11.7. The highest BCUT2D eigenvalue weighted by Gasteiger charge is 2.34. The average molecular weight is 293 g/mol. The molecule has 0 aromatic carbocycles. The summed E-state index contributed by atoms with van der Waals surface area (Å²) in [5, 5.41) is 2.90. The second-order valence-corrected chi connectivity index (χ2v) is 4.52. The Labute approximate surface area is 121 Å². The highest BCUT2D eigenvalue weighted by molar-refractivity contribution is 5.91. The van der Waals surface area contributed by atoms with Crippen molar-refractivity contribution in [3.05, 3.63) is 22.7 Å². The minimum absolute atomic E-state index is 0.00583. The van der Waals surface area contributed by atoms with Gasteiger partial charge in [0, 0.05) is 12.7 Å². The smallest absolute Gasteiger partial charge is 0.339 e. The van der Waals surface area contributed by atoms with Crippen molar-refractivity contribution < 1.29 is 19.1 Å². The first-order valence-corrected chi connectivity index (χ1v) is 6.38. The average Bonchev–Trinajstić information content (AvgIpc) is 3.01. The van der Waals surface area contributed by atoms with Crippen LogP contribution in [0.1, 0.15) is 23.2 Å². The number of hydrogen-bond donors (Lipinski definition) is 0. The van der Waals surface area contributed by atoms with Crippen molar-refractivity contribution in [3.8, 4) is 0 Å². The molecular weight excluding hydrogens is 278 g/mol. The molecule has 2 rings (SSSR count). The monoisotopic (exact) mass is 293 g/mol. The molecule has 1 saturated heterocycles. The van der Waals surface area contributed by atoms with Gasteiger partial charge in [0.25, 0.3) is 0 Å². The summed E-state index contributed by atoms with van der Waals surface area (Å²) in [5.41, 5.74) is 0.123. The number of ether oxygens (including phenoxy) is 2. The first-order chi connectivity index (χ1) is 10.1. The van der Waals surface area contributed by atoms with E-state index in [1.807, 2.05) is 0 Å². The predicted molar refractivity (Wildman–Crippen MR) is 73.4 cm³/mol. The number of esters is 2. The molecule has 0 amide bonds. The van der Waals surface area contributed by atoms with E-state index in [9.17, 15) is 14.5 Å². The molecule has 0 aliphatic carbocycles. The summed E-state index contributed by atoms with van der Waals surface area (Å²) in [5.74, 6) is -0.723. The van der Waals surface area contributed by atoms with Crippen molar-refractivity contribution in [2.24, 2.45) is 5.18 Å². The molecule has 0 bridgehead atoms. The molecule has 21 heavy (non-hydrogen) atoms. The van der Waals surface area contributed by atoms with Gasteiger partial charge >= 0.3 is 11.9 Å². The second-order valence-electron chi connectivity index (χ2n) is 4.52. The molecule has 0 N–H and O–H groups in total. The van der Waals surface area contributed by atoms with Crippen LogP contribution in [0.25, 0.3) is 0 Å². The van der Waals surface area contributed by atoms with Crippen LogP contribution in [0.15, 0.2) is 17.4 Å². The number of carbonyl (C=O) groups is 2. The van der Waals surface area contributed by atoms with Gasteiger partial charge in [-0.3, -0.25) is 0 Å². The first kappa shape index (κ1) is 14.9. The van der Waals surface area contributed by atoms with Crippen LogP contribution in [-0.2, 0) is 14.3 Å². The van der Waals surface area contributed by atoms with Crippen LogP contribution in [0.5, 0.6) is 0 Å². The van der Waals surface area contributed by atoms with E-state index in [0.717, 1.165) is 6.42 Å². The fourth-order valence-corrected chi connectivity index (χ4v) is 2.37. The molecule has 8 nitrogen and oxygen atoms in total. The molecule has 8 heteroatoms. The molecule has 0 saturated carbocycles. The van der Waals surface area contributed by atoms with Gasteiger partial charge in [0.15, 0.2) is 11.5 Å². The Hall–Kier alpha value is -2.51. The zero-order chi connectivity index (χ0) is 15.4. The fourth-order valence-electron chi connectivity index (χ4n) is 2.37. The molecule has 1 aromatic rings. The van der Waals surface area contributed by atoms with Crippen LogP contribution in [0.2, 0.25) is 0 Å². The fraction of sp³-hybridized carbons (Fsp3) is 0.462. The number of methoxy groups -OCH3 is 2. The molecule has 1 unspecified atom stereocenters. The molecule has 1 aliphatic rings. The van der Waals surface area contributed by atoms with E-state index in [1.54, 1.807) is 4.90 Å². The first-order valence-electron chi connectivity index (χ1n) is 6.38. The number of rotatable bonds is 4. The van der Waals surface area contributed by atoms with Gasteiger partial charge in [-0.25, -0.2) is 14.6 Å². The second kappa shape index (κ2) is 6.29. The van der Waals surface area contributed by atoms with Crippen LogP contribution >= 0.6 is 0 Å². The summed E-state index contributed by atoms with van der Waals surface area (Å²) in [6.07, 6.45) is 2.69. The molecule has 112 valence electrons. The number of nitrogens with zero attached hydrogens (tertiary/aromatic N) is 3. The van der Waals surface area contributed by atoms with E-state index >= 15 is 0 Å². The predicted octanol–water partition coefficient (Wildman–Crippen LogP) is 1.41. The van der Waals surface area contributed by atoms with Gasteiger partial charge in [-0.2, -0.15) is 0 Å². The standard InChI is InChI=1S/C13H15N3O5/c1-20-12(17)8-6-9(15-19)11(14-7-8)16-5-3-4-10(16)13(18)21-2/h6-7,10H,3-5H2,1-2H3. The van der Waals surface area contributed by atoms with Crippen LogP contribution < -0.4 is 4.90 Å². The number of aromatic nitrogens is 1.